The number of hydrogen-bond donors (Lipinski definition) is 2. The first-order valence-corrected chi connectivity index (χ1v) is 6.55. The Labute approximate surface area is 106 Å². The summed E-state index contributed by atoms with van der Waals surface area (Å²) in [7, 11) is 0. The third-order valence-corrected chi connectivity index (χ3v) is 4.17. The van der Waals surface area contributed by atoms with E-state index in [2.05, 4.69) is 22.8 Å². The number of rotatable bonds is 1. The number of carbonyl (C=O) groups is 2. The fourth-order valence-corrected chi connectivity index (χ4v) is 3.29. The summed E-state index contributed by atoms with van der Waals surface area (Å²) in [4.78, 5) is 25.5. The van der Waals surface area contributed by atoms with Gasteiger partial charge in [-0.3, -0.25) is 9.59 Å². The van der Waals surface area contributed by atoms with Gasteiger partial charge in [0.15, 0.2) is 0 Å². The van der Waals surface area contributed by atoms with E-state index >= 15 is 0 Å². The quantitative estimate of drug-likeness (QED) is 0.656. The highest BCUT2D eigenvalue weighted by Crippen LogP contribution is 2.32. The highest BCUT2D eigenvalue weighted by atomic mass is 16.2. The lowest BCUT2D eigenvalue weighted by atomic mass is 10.0. The minimum absolute atomic E-state index is 0.00120. The summed E-state index contributed by atoms with van der Waals surface area (Å²) in [5.74, 6) is 0.461. The fraction of sp³-hybridized carbons (Fsp3) is 0.750. The number of nitrogens with one attached hydrogen (secondary N) is 2. The molecule has 2 N–H and O–H groups in total. The van der Waals surface area contributed by atoms with Crippen LogP contribution in [0.15, 0.2) is 5.10 Å². The lowest BCUT2D eigenvalue weighted by Crippen LogP contribution is -2.47. The Morgan fingerprint density at radius 2 is 2.22 bits per heavy atom. The van der Waals surface area contributed by atoms with E-state index in [1.165, 1.54) is 0 Å². The summed E-state index contributed by atoms with van der Waals surface area (Å²) in [5, 5.41) is 7.25. The first kappa shape index (κ1) is 11.6. The monoisotopic (exact) mass is 250 g/mol. The molecule has 0 aliphatic carbocycles. The predicted octanol–water partition coefficient (Wildman–Crippen LogP) is -0.539. The summed E-state index contributed by atoms with van der Waals surface area (Å²) in [5.41, 5.74) is 2.89. The molecule has 98 valence electrons. The maximum atomic E-state index is 12.5. The van der Waals surface area contributed by atoms with Crippen molar-refractivity contribution in [2.24, 2.45) is 11.0 Å². The molecule has 0 spiro atoms. The Bertz CT molecular complexity index is 420. The van der Waals surface area contributed by atoms with Crippen LogP contribution in [-0.2, 0) is 9.59 Å². The minimum Gasteiger partial charge on any atom is -0.330 e. The van der Waals surface area contributed by atoms with Crippen LogP contribution in [-0.4, -0.2) is 47.6 Å². The van der Waals surface area contributed by atoms with Gasteiger partial charge in [-0.1, -0.05) is 0 Å². The summed E-state index contributed by atoms with van der Waals surface area (Å²) in [6, 6.07) is 0.572. The van der Waals surface area contributed by atoms with Crippen LogP contribution in [0.25, 0.3) is 0 Å². The standard InChI is InChI=1S/C12H18N4O2/c1-7-4-8-5-13-6-10(8)16(7)12(18)9-2-3-11(17)15-14-9/h7-8,10,13H,2-6H2,1H3,(H,15,17). The van der Waals surface area contributed by atoms with Crippen LogP contribution in [0.3, 0.4) is 0 Å². The molecule has 0 saturated carbocycles. The third-order valence-electron chi connectivity index (χ3n) is 4.17. The van der Waals surface area contributed by atoms with Crippen molar-refractivity contribution in [3.8, 4) is 0 Å². The molecule has 3 unspecified atom stereocenters. The van der Waals surface area contributed by atoms with Gasteiger partial charge < -0.3 is 10.2 Å². The molecular formula is C12H18N4O2. The lowest BCUT2D eigenvalue weighted by molar-refractivity contribution is -0.126. The van der Waals surface area contributed by atoms with E-state index in [0.717, 1.165) is 19.5 Å². The fourth-order valence-electron chi connectivity index (χ4n) is 3.29. The van der Waals surface area contributed by atoms with Crippen molar-refractivity contribution in [1.82, 2.24) is 15.6 Å². The number of fused-ring (bicyclic) bond motifs is 1. The molecule has 0 radical (unpaired) electrons. The van der Waals surface area contributed by atoms with Crippen molar-refractivity contribution in [2.45, 2.75) is 38.3 Å². The highest BCUT2D eigenvalue weighted by molar-refractivity contribution is 6.39. The first-order chi connectivity index (χ1) is 8.66. The summed E-state index contributed by atoms with van der Waals surface area (Å²) >= 11 is 0. The first-order valence-electron chi connectivity index (χ1n) is 6.55. The van der Waals surface area contributed by atoms with Crippen molar-refractivity contribution in [1.29, 1.82) is 0 Å². The van der Waals surface area contributed by atoms with Crippen molar-refractivity contribution in [3.05, 3.63) is 0 Å². The molecule has 2 amide bonds. The van der Waals surface area contributed by atoms with Crippen LogP contribution in [0.2, 0.25) is 0 Å². The van der Waals surface area contributed by atoms with Crippen LogP contribution < -0.4 is 10.7 Å². The second kappa shape index (κ2) is 4.35. The van der Waals surface area contributed by atoms with E-state index in [1.54, 1.807) is 0 Å². The number of nitrogens with zero attached hydrogens (tertiary/aromatic N) is 2. The zero-order valence-corrected chi connectivity index (χ0v) is 10.5. The molecule has 6 nitrogen and oxygen atoms in total. The van der Waals surface area contributed by atoms with E-state index < -0.39 is 0 Å². The van der Waals surface area contributed by atoms with Crippen LogP contribution in [0.1, 0.15) is 26.2 Å². The van der Waals surface area contributed by atoms with Crippen molar-refractivity contribution in [2.75, 3.05) is 13.1 Å². The van der Waals surface area contributed by atoms with E-state index in [1.807, 2.05) is 4.90 Å². The number of amides is 2. The van der Waals surface area contributed by atoms with Gasteiger partial charge in [-0.15, -0.1) is 0 Å². The maximum Gasteiger partial charge on any atom is 0.270 e. The maximum absolute atomic E-state index is 12.5. The van der Waals surface area contributed by atoms with Crippen LogP contribution >= 0.6 is 0 Å². The zero-order valence-electron chi connectivity index (χ0n) is 10.5. The van der Waals surface area contributed by atoms with E-state index in [0.29, 0.717) is 30.5 Å². The van der Waals surface area contributed by atoms with Gasteiger partial charge in [0.2, 0.25) is 5.91 Å². The molecule has 3 heterocycles. The van der Waals surface area contributed by atoms with Gasteiger partial charge in [0.1, 0.15) is 5.71 Å². The Kier molecular flexibility index (Phi) is 2.81. The van der Waals surface area contributed by atoms with E-state index in [-0.39, 0.29) is 17.9 Å². The smallest absolute Gasteiger partial charge is 0.270 e. The SMILES string of the molecule is CC1CC2CNCC2N1C(=O)C1=NNC(=O)CC1. The molecule has 2 saturated heterocycles. The summed E-state index contributed by atoms with van der Waals surface area (Å²) in [6.45, 7) is 3.97. The molecule has 0 bridgehead atoms. The van der Waals surface area contributed by atoms with Gasteiger partial charge in [-0.25, -0.2) is 5.43 Å². The topological polar surface area (TPSA) is 73.8 Å². The normalized spacial score (nSPS) is 35.2. The average molecular weight is 250 g/mol. The van der Waals surface area contributed by atoms with Crippen molar-refractivity contribution in [3.63, 3.8) is 0 Å². The molecule has 0 aromatic heterocycles. The molecule has 3 atom stereocenters. The molecule has 3 rings (SSSR count). The largest absolute Gasteiger partial charge is 0.330 e. The number of likely N-dealkylation sites (tertiary alicyclic amines) is 1. The number of hydrazone groups is 1. The molecule has 6 heteroatoms. The van der Waals surface area contributed by atoms with Gasteiger partial charge in [-0.05, 0) is 19.3 Å². The Hall–Kier alpha value is -1.43. The van der Waals surface area contributed by atoms with Gasteiger partial charge in [0, 0.05) is 38.0 Å². The molecule has 3 aliphatic heterocycles. The highest BCUT2D eigenvalue weighted by Gasteiger charge is 2.45. The van der Waals surface area contributed by atoms with Gasteiger partial charge in [0.05, 0.1) is 0 Å². The number of hydrogen-bond acceptors (Lipinski definition) is 4. The van der Waals surface area contributed by atoms with Crippen LogP contribution in [0, 0.1) is 5.92 Å². The average Bonchev–Trinajstić information content (AvgIpc) is 2.89. The summed E-state index contributed by atoms with van der Waals surface area (Å²) < 4.78 is 0. The Morgan fingerprint density at radius 1 is 1.39 bits per heavy atom. The second-order valence-electron chi connectivity index (χ2n) is 5.38. The van der Waals surface area contributed by atoms with E-state index in [9.17, 15) is 9.59 Å². The summed E-state index contributed by atoms with van der Waals surface area (Å²) in [6.07, 6.45) is 1.88. The number of carbonyl (C=O) groups excluding carboxylic acids is 2. The molecular weight excluding hydrogens is 232 g/mol. The Balaban J connectivity index is 1.77. The van der Waals surface area contributed by atoms with Gasteiger partial charge in [0.25, 0.3) is 5.91 Å². The molecule has 18 heavy (non-hydrogen) atoms. The molecule has 3 aliphatic rings. The van der Waals surface area contributed by atoms with Gasteiger partial charge in [-0.2, -0.15) is 5.10 Å². The minimum atomic E-state index is -0.110. The molecule has 2 fully saturated rings. The van der Waals surface area contributed by atoms with Crippen LogP contribution in [0.4, 0.5) is 0 Å². The predicted molar refractivity (Wildman–Crippen MR) is 65.9 cm³/mol. The third kappa shape index (κ3) is 1.80. The molecule has 0 aromatic rings. The van der Waals surface area contributed by atoms with Crippen LogP contribution in [0.5, 0.6) is 0 Å². The van der Waals surface area contributed by atoms with E-state index in [4.69, 9.17) is 0 Å². The van der Waals surface area contributed by atoms with Gasteiger partial charge >= 0.3 is 0 Å². The zero-order chi connectivity index (χ0) is 12.7. The van der Waals surface area contributed by atoms with Crippen molar-refractivity contribution >= 4 is 17.5 Å². The van der Waals surface area contributed by atoms with Crippen molar-refractivity contribution < 1.29 is 9.59 Å². The second-order valence-corrected chi connectivity index (χ2v) is 5.38. The Morgan fingerprint density at radius 3 is 2.94 bits per heavy atom. The molecule has 0 aromatic carbocycles. The lowest BCUT2D eigenvalue weighted by Gasteiger charge is -2.28.